The summed E-state index contributed by atoms with van der Waals surface area (Å²) < 4.78 is 1.77. The number of aromatic nitrogens is 2. The molecule has 15 heteroatoms. The van der Waals surface area contributed by atoms with Gasteiger partial charge in [-0.2, -0.15) is 0 Å². The van der Waals surface area contributed by atoms with E-state index in [1.165, 1.54) is 82.8 Å². The summed E-state index contributed by atoms with van der Waals surface area (Å²) >= 11 is 0. The Labute approximate surface area is 338 Å². The quantitative estimate of drug-likeness (QED) is 0.0719. The average molecular weight is 798 g/mol. The number of carbonyl (C=O) groups is 7. The molecule has 6 N–H and O–H groups in total. The third-order valence-corrected chi connectivity index (χ3v) is 9.12. The van der Waals surface area contributed by atoms with Gasteiger partial charge in [0.15, 0.2) is 6.04 Å². The number of Topliss-reactive ketones (excluding diaryl/α,β-unsaturated/α-hetero) is 1. The number of ketones is 1. The molecule has 3 rings (SSSR count). The minimum Gasteiger partial charge on any atom is -0.479 e. The fraction of sp³-hybridized carbons (Fsp3) is 0.619. The molecule has 0 radical (unpaired) electrons. The molecule has 2 aromatic rings. The van der Waals surface area contributed by atoms with Crippen LogP contribution in [0.15, 0.2) is 42.9 Å². The van der Waals surface area contributed by atoms with Crippen molar-refractivity contribution >= 4 is 41.3 Å². The van der Waals surface area contributed by atoms with E-state index >= 15 is 0 Å². The number of rotatable bonds is 22. The van der Waals surface area contributed by atoms with Gasteiger partial charge in [0.25, 0.3) is 5.91 Å². The molecule has 1 aliphatic rings. The Morgan fingerprint density at radius 3 is 1.79 bits per heavy atom. The van der Waals surface area contributed by atoms with Crippen molar-refractivity contribution in [1.82, 2.24) is 36.1 Å². The van der Waals surface area contributed by atoms with E-state index in [0.717, 1.165) is 0 Å². The zero-order valence-electron chi connectivity index (χ0n) is 34.7. The molecule has 1 aromatic carbocycles. The Morgan fingerprint density at radius 1 is 0.702 bits per heavy atom. The fourth-order valence-corrected chi connectivity index (χ4v) is 5.77. The number of nitrogens with one attached hydrogen (secondary N) is 5. The molecule has 0 bridgehead atoms. The Morgan fingerprint density at radius 2 is 1.28 bits per heavy atom. The van der Waals surface area contributed by atoms with Crippen molar-refractivity contribution in [3.05, 3.63) is 54.1 Å². The molecule has 0 aliphatic heterocycles. The van der Waals surface area contributed by atoms with Crippen LogP contribution in [-0.4, -0.2) is 81.1 Å². The first-order chi connectivity index (χ1) is 27.4. The first-order valence-corrected chi connectivity index (χ1v) is 20.7. The lowest BCUT2D eigenvalue weighted by Crippen LogP contribution is -2.55. The molecule has 5 amide bonds. The number of hydrogen-bond acceptors (Lipinski definition) is 8. The van der Waals surface area contributed by atoms with E-state index in [1.807, 2.05) is 6.92 Å². The minimum absolute atomic E-state index is 0.0299. The molecule has 0 saturated heterocycles. The van der Waals surface area contributed by atoms with Crippen molar-refractivity contribution in [2.75, 3.05) is 13.1 Å². The van der Waals surface area contributed by atoms with E-state index in [2.05, 4.69) is 45.4 Å². The summed E-state index contributed by atoms with van der Waals surface area (Å²) in [5.41, 5.74) is 0.805. The van der Waals surface area contributed by atoms with Crippen LogP contribution in [0.2, 0.25) is 0 Å². The summed E-state index contributed by atoms with van der Waals surface area (Å²) in [7, 11) is 0. The van der Waals surface area contributed by atoms with Gasteiger partial charge in [0, 0.05) is 25.6 Å². The molecule has 1 saturated carbocycles. The van der Waals surface area contributed by atoms with Crippen molar-refractivity contribution in [1.29, 1.82) is 0 Å². The van der Waals surface area contributed by atoms with E-state index in [-0.39, 0.29) is 31.7 Å². The number of amides is 5. The molecular formula is C42H67N7O8. The fourth-order valence-electron chi connectivity index (χ4n) is 5.77. The smallest absolute Gasteiger partial charge is 0.330 e. The predicted octanol–water partition coefficient (Wildman–Crippen LogP) is 4.69. The normalized spacial score (nSPS) is 13.4. The summed E-state index contributed by atoms with van der Waals surface area (Å²) in [4.78, 5) is 91.3. The average Bonchev–Trinajstić information content (AvgIpc) is 3.69. The SMILES string of the molecule is C1CCCCC1.CCCC(NC(=O)C(Cc1cn(CC)cn1)NC(=O)CNC(=O)CC)C(=O)C(=O)NCC(=O)NC(C(=O)O)c1ccccc1.CCCCCCC. The topological polar surface area (TPSA) is 218 Å². The molecule has 15 nitrogen and oxygen atoms in total. The number of benzene rings is 1. The Kier molecular flexibility index (Phi) is 26.4. The summed E-state index contributed by atoms with van der Waals surface area (Å²) in [5, 5.41) is 21.4. The van der Waals surface area contributed by atoms with Crippen LogP contribution < -0.4 is 26.6 Å². The summed E-state index contributed by atoms with van der Waals surface area (Å²) in [6.07, 6.45) is 19.9. The Hall–Kier alpha value is -5.08. The highest BCUT2D eigenvalue weighted by molar-refractivity contribution is 6.38. The van der Waals surface area contributed by atoms with Crippen molar-refractivity contribution in [2.45, 2.75) is 156 Å². The van der Waals surface area contributed by atoms with E-state index in [4.69, 9.17) is 0 Å². The number of imidazole rings is 1. The van der Waals surface area contributed by atoms with E-state index in [9.17, 15) is 38.7 Å². The number of carbonyl (C=O) groups excluding carboxylic acids is 6. The van der Waals surface area contributed by atoms with Crippen molar-refractivity contribution in [3.63, 3.8) is 0 Å². The Balaban J connectivity index is 0.00000105. The maximum absolute atomic E-state index is 13.3. The first kappa shape index (κ1) is 49.9. The molecule has 3 unspecified atom stereocenters. The maximum atomic E-state index is 13.3. The lowest BCUT2D eigenvalue weighted by molar-refractivity contribution is -0.142. The van der Waals surface area contributed by atoms with Crippen LogP contribution >= 0.6 is 0 Å². The van der Waals surface area contributed by atoms with Gasteiger partial charge in [-0.05, 0) is 18.9 Å². The van der Waals surface area contributed by atoms with Gasteiger partial charge in [-0.15, -0.1) is 0 Å². The van der Waals surface area contributed by atoms with Crippen LogP contribution in [0, 0.1) is 0 Å². The lowest BCUT2D eigenvalue weighted by Gasteiger charge is -2.22. The number of hydrogen-bond donors (Lipinski definition) is 6. The second-order valence-corrected chi connectivity index (χ2v) is 14.0. The number of unbranched alkanes of at least 4 members (excludes halogenated alkanes) is 4. The van der Waals surface area contributed by atoms with Gasteiger partial charge in [-0.25, -0.2) is 9.78 Å². The van der Waals surface area contributed by atoms with Crippen molar-refractivity contribution in [2.24, 2.45) is 0 Å². The van der Waals surface area contributed by atoms with Gasteiger partial charge in [0.05, 0.1) is 31.2 Å². The highest BCUT2D eigenvalue weighted by atomic mass is 16.4. The van der Waals surface area contributed by atoms with Crippen LogP contribution in [0.25, 0.3) is 0 Å². The molecule has 3 atom stereocenters. The number of carboxylic acids is 1. The summed E-state index contributed by atoms with van der Waals surface area (Å²) in [5.74, 6) is -6.09. The van der Waals surface area contributed by atoms with Gasteiger partial charge in [-0.3, -0.25) is 28.8 Å². The third kappa shape index (κ3) is 21.7. The van der Waals surface area contributed by atoms with Gasteiger partial charge in [-0.1, -0.05) is 135 Å². The van der Waals surface area contributed by atoms with Gasteiger partial charge in [0.1, 0.15) is 6.04 Å². The zero-order valence-corrected chi connectivity index (χ0v) is 34.7. The Bertz CT molecular complexity index is 1490. The molecular weight excluding hydrogens is 731 g/mol. The molecule has 1 fully saturated rings. The number of carboxylic acid groups (broad SMARTS) is 1. The van der Waals surface area contributed by atoms with E-state index < -0.39 is 60.1 Å². The van der Waals surface area contributed by atoms with Crippen LogP contribution in [0.5, 0.6) is 0 Å². The number of nitrogens with zero attached hydrogens (tertiary/aromatic N) is 2. The largest absolute Gasteiger partial charge is 0.479 e. The number of aryl methyl sites for hydroxylation is 1. The zero-order chi connectivity index (χ0) is 42.4. The van der Waals surface area contributed by atoms with Crippen molar-refractivity contribution in [3.8, 4) is 0 Å². The molecule has 0 spiro atoms. The van der Waals surface area contributed by atoms with Crippen LogP contribution in [0.4, 0.5) is 0 Å². The summed E-state index contributed by atoms with van der Waals surface area (Å²) in [6.45, 7) is 9.33. The molecule has 318 valence electrons. The molecule has 1 heterocycles. The van der Waals surface area contributed by atoms with E-state index in [0.29, 0.717) is 24.2 Å². The molecule has 1 aromatic heterocycles. The first-order valence-electron chi connectivity index (χ1n) is 20.7. The monoisotopic (exact) mass is 798 g/mol. The van der Waals surface area contributed by atoms with Crippen molar-refractivity contribution < 1.29 is 38.7 Å². The van der Waals surface area contributed by atoms with Gasteiger partial charge < -0.3 is 36.3 Å². The van der Waals surface area contributed by atoms with Crippen LogP contribution in [0.1, 0.15) is 142 Å². The minimum atomic E-state index is -1.37. The highest BCUT2D eigenvalue weighted by Crippen LogP contribution is 2.15. The number of aliphatic carboxylic acids is 1. The highest BCUT2D eigenvalue weighted by Gasteiger charge is 2.31. The lowest BCUT2D eigenvalue weighted by atomic mass is 10.0. The van der Waals surface area contributed by atoms with Crippen LogP contribution in [0.3, 0.4) is 0 Å². The van der Waals surface area contributed by atoms with Gasteiger partial charge >= 0.3 is 5.97 Å². The summed E-state index contributed by atoms with van der Waals surface area (Å²) in [6, 6.07) is 4.11. The third-order valence-electron chi connectivity index (χ3n) is 9.12. The van der Waals surface area contributed by atoms with Gasteiger partial charge in [0.2, 0.25) is 29.4 Å². The second-order valence-electron chi connectivity index (χ2n) is 14.0. The maximum Gasteiger partial charge on any atom is 0.330 e. The van der Waals surface area contributed by atoms with E-state index in [1.54, 1.807) is 49.1 Å². The predicted molar refractivity (Wildman–Crippen MR) is 219 cm³/mol. The molecule has 57 heavy (non-hydrogen) atoms. The standard InChI is InChI=1S/C29H39N7O8.C7H16.C6H12/c1-4-10-20(26(40)28(42)31-15-24(39)35-25(29(43)44)18-11-8-7-9-12-18)34-27(41)21(13-19-16-36(6-3)17-32-19)33-23(38)14-30-22(37)5-2;1-3-5-7-6-4-2;1-2-4-6-5-3-1/h7-9,11-12,16-17,20-21,25H,4-6,10,13-15H2,1-3H3,(H,30,37)(H,31,42)(H,33,38)(H,34,41)(H,35,39)(H,43,44);3-7H2,1-2H3;1-6H2. The molecule has 1 aliphatic carbocycles. The van der Waals surface area contributed by atoms with Crippen LogP contribution in [-0.2, 0) is 46.5 Å². The second kappa shape index (κ2) is 30.1.